The number of hydrogen-bond acceptors (Lipinski definition) is 5. The summed E-state index contributed by atoms with van der Waals surface area (Å²) in [5.74, 6) is 1.25. The summed E-state index contributed by atoms with van der Waals surface area (Å²) in [4.78, 5) is 26.4. The molecular formula is C19H31N5O2S. The number of fused-ring (bicyclic) bond motifs is 1. The monoisotopic (exact) mass is 393 g/mol. The van der Waals surface area contributed by atoms with Crippen LogP contribution in [0.5, 0.6) is 0 Å². The number of guanidine groups is 1. The van der Waals surface area contributed by atoms with Gasteiger partial charge in [-0.25, -0.2) is 9.98 Å². The lowest BCUT2D eigenvalue weighted by Gasteiger charge is -2.23. The van der Waals surface area contributed by atoms with Gasteiger partial charge in [-0.2, -0.15) is 0 Å². The topological polar surface area (TPSA) is 70.1 Å². The molecule has 0 saturated carbocycles. The van der Waals surface area contributed by atoms with Crippen molar-refractivity contribution in [2.45, 2.75) is 38.6 Å². The molecule has 0 radical (unpaired) electrons. The molecule has 1 atom stereocenters. The standard InChI is InChI=1S/C19H31N5O2S/c1-23(2)18(25)11-21-19(20-10-14-8-9-26-13-14)24(3)12-17-22-15-6-4-5-7-16(15)27-17/h14H,4-13H2,1-3H3,(H,20,21). The third-order valence-corrected chi connectivity index (χ3v) is 6.20. The minimum absolute atomic E-state index is 0.00314. The molecule has 1 fully saturated rings. The average molecular weight is 394 g/mol. The summed E-state index contributed by atoms with van der Waals surface area (Å²) < 4.78 is 5.46. The minimum atomic E-state index is -0.00314. The summed E-state index contributed by atoms with van der Waals surface area (Å²) >= 11 is 1.82. The number of aryl methyl sites for hydroxylation is 2. The zero-order valence-corrected chi connectivity index (χ0v) is 17.5. The van der Waals surface area contributed by atoms with Gasteiger partial charge in [0.1, 0.15) is 11.6 Å². The highest BCUT2D eigenvalue weighted by molar-refractivity contribution is 7.11. The van der Waals surface area contributed by atoms with E-state index in [1.54, 1.807) is 19.0 Å². The summed E-state index contributed by atoms with van der Waals surface area (Å²) in [6.07, 6.45) is 5.85. The van der Waals surface area contributed by atoms with Crippen LogP contribution in [0.15, 0.2) is 4.99 Å². The molecule has 1 aromatic heterocycles. The van der Waals surface area contributed by atoms with Gasteiger partial charge in [-0.1, -0.05) is 0 Å². The van der Waals surface area contributed by atoms with Gasteiger partial charge in [0.05, 0.1) is 18.8 Å². The smallest absolute Gasteiger partial charge is 0.243 e. The van der Waals surface area contributed by atoms with Crippen molar-refractivity contribution >= 4 is 23.2 Å². The lowest BCUT2D eigenvalue weighted by Crippen LogP contribution is -2.41. The first-order chi connectivity index (χ1) is 13.0. The van der Waals surface area contributed by atoms with Crippen LogP contribution in [0.25, 0.3) is 0 Å². The molecule has 0 bridgehead atoms. The van der Waals surface area contributed by atoms with Gasteiger partial charge in [-0.3, -0.25) is 4.79 Å². The van der Waals surface area contributed by atoms with E-state index < -0.39 is 0 Å². The maximum Gasteiger partial charge on any atom is 0.243 e. The van der Waals surface area contributed by atoms with Gasteiger partial charge in [0.15, 0.2) is 5.96 Å². The van der Waals surface area contributed by atoms with Crippen LogP contribution in [0.3, 0.4) is 0 Å². The van der Waals surface area contributed by atoms with E-state index >= 15 is 0 Å². The van der Waals surface area contributed by atoms with Crippen LogP contribution in [0.4, 0.5) is 0 Å². The Labute approximate surface area is 165 Å². The first-order valence-corrected chi connectivity index (χ1v) is 10.6. The number of rotatable bonds is 6. The van der Waals surface area contributed by atoms with Crippen molar-refractivity contribution in [1.29, 1.82) is 0 Å². The van der Waals surface area contributed by atoms with Crippen molar-refractivity contribution in [1.82, 2.24) is 20.1 Å². The molecule has 1 N–H and O–H groups in total. The van der Waals surface area contributed by atoms with Crippen molar-refractivity contribution in [2.24, 2.45) is 10.9 Å². The third kappa shape index (κ3) is 5.65. The summed E-state index contributed by atoms with van der Waals surface area (Å²) in [6, 6.07) is 0. The normalized spacial score (nSPS) is 19.7. The van der Waals surface area contributed by atoms with E-state index in [1.165, 1.54) is 23.4 Å². The molecular weight excluding hydrogens is 362 g/mol. The van der Waals surface area contributed by atoms with Gasteiger partial charge in [0.25, 0.3) is 0 Å². The van der Waals surface area contributed by atoms with E-state index in [1.807, 2.05) is 18.4 Å². The zero-order valence-electron chi connectivity index (χ0n) is 16.7. The van der Waals surface area contributed by atoms with Crippen LogP contribution < -0.4 is 5.32 Å². The fourth-order valence-corrected chi connectivity index (χ4v) is 4.54. The zero-order chi connectivity index (χ0) is 19.2. The highest BCUT2D eigenvalue weighted by Crippen LogP contribution is 2.27. The minimum Gasteiger partial charge on any atom is -0.381 e. The quantitative estimate of drug-likeness (QED) is 0.586. The molecule has 1 aliphatic heterocycles. The maximum absolute atomic E-state index is 12.0. The third-order valence-electron chi connectivity index (χ3n) is 5.06. The van der Waals surface area contributed by atoms with Gasteiger partial charge in [-0.05, 0) is 32.1 Å². The molecule has 1 saturated heterocycles. The van der Waals surface area contributed by atoms with Crippen molar-refractivity contribution < 1.29 is 9.53 Å². The number of carbonyl (C=O) groups is 1. The predicted molar refractivity (Wildman–Crippen MR) is 108 cm³/mol. The number of hydrogen-bond donors (Lipinski definition) is 1. The predicted octanol–water partition coefficient (Wildman–Crippen LogP) is 1.52. The fraction of sp³-hybridized carbons (Fsp3) is 0.737. The van der Waals surface area contributed by atoms with Crippen molar-refractivity contribution in [3.8, 4) is 0 Å². The number of aromatic nitrogens is 1. The molecule has 150 valence electrons. The molecule has 1 amide bonds. The maximum atomic E-state index is 12.0. The number of thiazole rings is 1. The molecule has 1 aromatic rings. The van der Waals surface area contributed by atoms with E-state index in [4.69, 9.17) is 9.72 Å². The van der Waals surface area contributed by atoms with Crippen molar-refractivity contribution in [3.05, 3.63) is 15.6 Å². The molecule has 2 aliphatic rings. The lowest BCUT2D eigenvalue weighted by molar-refractivity contribution is -0.127. The summed E-state index contributed by atoms with van der Waals surface area (Å²) in [5.41, 5.74) is 1.28. The van der Waals surface area contributed by atoms with E-state index in [-0.39, 0.29) is 12.5 Å². The number of nitrogens with zero attached hydrogens (tertiary/aromatic N) is 4. The molecule has 0 spiro atoms. The molecule has 1 aliphatic carbocycles. The van der Waals surface area contributed by atoms with Crippen LogP contribution in [-0.4, -0.2) is 74.1 Å². The van der Waals surface area contributed by atoms with E-state index in [2.05, 4.69) is 15.2 Å². The highest BCUT2D eigenvalue weighted by Gasteiger charge is 2.19. The Morgan fingerprint density at radius 1 is 1.33 bits per heavy atom. The average Bonchev–Trinajstić information content (AvgIpc) is 3.29. The second-order valence-corrected chi connectivity index (χ2v) is 8.75. The summed E-state index contributed by atoms with van der Waals surface area (Å²) in [6.45, 7) is 3.29. The first kappa shape index (κ1) is 20.1. The molecule has 0 aromatic carbocycles. The number of carbonyl (C=O) groups excluding carboxylic acids is 1. The Hall–Kier alpha value is -1.67. The Kier molecular flexibility index (Phi) is 7.07. The van der Waals surface area contributed by atoms with Crippen LogP contribution in [0, 0.1) is 5.92 Å². The van der Waals surface area contributed by atoms with Crippen molar-refractivity contribution in [2.75, 3.05) is 47.4 Å². The largest absolute Gasteiger partial charge is 0.381 e. The Balaban J connectivity index is 1.64. The lowest BCUT2D eigenvalue weighted by atomic mass is 10.0. The number of ether oxygens (including phenoxy) is 1. The molecule has 3 rings (SSSR count). The summed E-state index contributed by atoms with van der Waals surface area (Å²) in [5, 5.41) is 4.57. The first-order valence-electron chi connectivity index (χ1n) is 9.77. The second-order valence-electron chi connectivity index (χ2n) is 7.58. The summed E-state index contributed by atoms with van der Waals surface area (Å²) in [7, 11) is 5.52. The molecule has 1 unspecified atom stereocenters. The Morgan fingerprint density at radius 3 is 2.85 bits per heavy atom. The molecule has 2 heterocycles. The van der Waals surface area contributed by atoms with Gasteiger partial charge < -0.3 is 19.9 Å². The number of amides is 1. The SMILES string of the molecule is CN(C)C(=O)CN=C(NCC1CCOC1)N(C)Cc1nc2c(s1)CCCC2. The Morgan fingerprint density at radius 2 is 2.15 bits per heavy atom. The van der Waals surface area contributed by atoms with Gasteiger partial charge in [0, 0.05) is 45.1 Å². The highest BCUT2D eigenvalue weighted by atomic mass is 32.1. The van der Waals surface area contributed by atoms with Gasteiger partial charge in [0.2, 0.25) is 5.91 Å². The molecule has 7 nitrogen and oxygen atoms in total. The fourth-order valence-electron chi connectivity index (χ4n) is 3.33. The van der Waals surface area contributed by atoms with Crippen LogP contribution in [-0.2, 0) is 28.9 Å². The van der Waals surface area contributed by atoms with Crippen LogP contribution in [0.2, 0.25) is 0 Å². The molecule has 8 heteroatoms. The van der Waals surface area contributed by atoms with Crippen LogP contribution >= 0.6 is 11.3 Å². The van der Waals surface area contributed by atoms with E-state index in [0.717, 1.165) is 50.0 Å². The number of nitrogens with one attached hydrogen (secondary N) is 1. The second kappa shape index (κ2) is 9.50. The van der Waals surface area contributed by atoms with Gasteiger partial charge in [-0.15, -0.1) is 11.3 Å². The Bertz CT molecular complexity index is 644. The number of aliphatic imine (C=N–C) groups is 1. The van der Waals surface area contributed by atoms with Crippen molar-refractivity contribution in [3.63, 3.8) is 0 Å². The van der Waals surface area contributed by atoms with E-state index in [0.29, 0.717) is 12.5 Å². The van der Waals surface area contributed by atoms with Crippen LogP contribution in [0.1, 0.15) is 34.8 Å². The molecule has 27 heavy (non-hydrogen) atoms. The number of likely N-dealkylation sites (N-methyl/N-ethyl adjacent to an activating group) is 1. The van der Waals surface area contributed by atoms with Gasteiger partial charge >= 0.3 is 0 Å². The van der Waals surface area contributed by atoms with E-state index in [9.17, 15) is 4.79 Å².